The lowest BCUT2D eigenvalue weighted by Crippen LogP contribution is -2.49. The molecule has 0 bridgehead atoms. The quantitative estimate of drug-likeness (QED) is 0.165. The fourth-order valence-corrected chi connectivity index (χ4v) is 6.24. The Morgan fingerprint density at radius 1 is 1.11 bits per heavy atom. The molecule has 1 saturated heterocycles. The second kappa shape index (κ2) is 11.9. The Hall–Kier alpha value is -4.25. The number of fused-ring (bicyclic) bond motifs is 1. The van der Waals surface area contributed by atoms with Gasteiger partial charge in [0.25, 0.3) is 5.91 Å². The summed E-state index contributed by atoms with van der Waals surface area (Å²) in [6.07, 6.45) is -4.36. The van der Waals surface area contributed by atoms with Crippen molar-refractivity contribution in [2.75, 3.05) is 6.61 Å². The van der Waals surface area contributed by atoms with E-state index in [0.29, 0.717) is 45.3 Å². The first-order chi connectivity index (χ1) is 21.1. The van der Waals surface area contributed by atoms with Gasteiger partial charge in [-0.15, -0.1) is 0 Å². The van der Waals surface area contributed by atoms with Gasteiger partial charge in [0.15, 0.2) is 5.60 Å². The van der Waals surface area contributed by atoms with E-state index in [9.17, 15) is 32.3 Å². The number of halogens is 4. The number of carbonyl (C=O) groups excluding carboxylic acids is 2. The second-order valence-corrected chi connectivity index (χ2v) is 12.5. The molecule has 5 rings (SSSR count). The van der Waals surface area contributed by atoms with Gasteiger partial charge >= 0.3 is 12.1 Å². The number of carbonyl (C=O) groups is 2. The number of esters is 1. The molecule has 0 aliphatic carbocycles. The zero-order valence-electron chi connectivity index (χ0n) is 25.5. The molecule has 238 valence electrons. The van der Waals surface area contributed by atoms with E-state index < -0.39 is 53.8 Å². The first kappa shape index (κ1) is 32.2. The maximum atomic E-state index is 14.5. The Bertz CT molecular complexity index is 1760. The molecule has 1 aromatic heterocycles. The van der Waals surface area contributed by atoms with Crippen LogP contribution in [-0.4, -0.2) is 51.2 Å². The van der Waals surface area contributed by atoms with Crippen molar-refractivity contribution in [2.24, 2.45) is 0 Å². The number of hydrogen-bond donors (Lipinski definition) is 2. The van der Waals surface area contributed by atoms with E-state index in [1.807, 2.05) is 13.0 Å². The molecule has 0 spiro atoms. The van der Waals surface area contributed by atoms with Gasteiger partial charge in [-0.2, -0.15) is 18.3 Å². The number of cyclic esters (lactones) is 1. The maximum absolute atomic E-state index is 14.5. The predicted octanol–water partition coefficient (Wildman–Crippen LogP) is 6.42. The molecular formula is C34H35F4N3O4. The van der Waals surface area contributed by atoms with Crippen molar-refractivity contribution in [1.82, 2.24) is 15.1 Å². The first-order valence-corrected chi connectivity index (χ1v) is 14.7. The minimum atomic E-state index is -4.94. The molecule has 3 aromatic carbocycles. The van der Waals surface area contributed by atoms with Gasteiger partial charge in [-0.05, 0) is 97.2 Å². The van der Waals surface area contributed by atoms with E-state index in [-0.39, 0.29) is 13.0 Å². The fourth-order valence-electron chi connectivity index (χ4n) is 6.24. The van der Waals surface area contributed by atoms with Crippen LogP contribution in [0.2, 0.25) is 0 Å². The molecule has 45 heavy (non-hydrogen) atoms. The van der Waals surface area contributed by atoms with Crippen molar-refractivity contribution in [3.8, 4) is 5.69 Å². The van der Waals surface area contributed by atoms with Gasteiger partial charge < -0.3 is 15.2 Å². The third-order valence-corrected chi connectivity index (χ3v) is 8.51. The van der Waals surface area contributed by atoms with Crippen molar-refractivity contribution in [3.63, 3.8) is 0 Å². The van der Waals surface area contributed by atoms with Gasteiger partial charge in [0.05, 0.1) is 24.0 Å². The molecule has 1 unspecified atom stereocenters. The summed E-state index contributed by atoms with van der Waals surface area (Å²) in [5.74, 6) is -1.48. The summed E-state index contributed by atoms with van der Waals surface area (Å²) in [7, 11) is 0. The molecule has 4 aromatic rings. The van der Waals surface area contributed by atoms with Crippen LogP contribution in [0.4, 0.5) is 17.6 Å². The normalized spacial score (nSPS) is 16.9. The predicted molar refractivity (Wildman–Crippen MR) is 161 cm³/mol. The molecule has 1 fully saturated rings. The number of alkyl halides is 3. The molecule has 11 heteroatoms. The molecule has 1 aliphatic rings. The molecule has 0 radical (unpaired) electrons. The lowest BCUT2D eigenvalue weighted by molar-refractivity contribution is -0.269. The molecular weight excluding hydrogens is 590 g/mol. The highest BCUT2D eigenvalue weighted by atomic mass is 19.4. The molecule has 1 amide bonds. The number of rotatable bonds is 9. The van der Waals surface area contributed by atoms with Crippen molar-refractivity contribution < 1.29 is 37.0 Å². The summed E-state index contributed by atoms with van der Waals surface area (Å²) in [6, 6.07) is 13.6. The smallest absolute Gasteiger partial charge is 0.417 e. The van der Waals surface area contributed by atoms with Crippen LogP contribution in [0.5, 0.6) is 0 Å². The average molecular weight is 626 g/mol. The van der Waals surface area contributed by atoms with Gasteiger partial charge in [-0.1, -0.05) is 32.0 Å². The number of aromatic nitrogens is 2. The molecule has 2 heterocycles. The fraction of sp³-hybridized carbons (Fsp3) is 0.382. The highest BCUT2D eigenvalue weighted by Gasteiger charge is 2.55. The van der Waals surface area contributed by atoms with Gasteiger partial charge in [0.2, 0.25) is 0 Å². The van der Waals surface area contributed by atoms with Crippen LogP contribution in [0.25, 0.3) is 16.6 Å². The summed E-state index contributed by atoms with van der Waals surface area (Å²) in [4.78, 5) is 24.6. The van der Waals surface area contributed by atoms with Crippen LogP contribution in [-0.2, 0) is 21.4 Å². The standard InChI is InChI=1S/C34H35F4N3O4/c1-20-14-22(10-12-33(44,34(36,37)38)19-32(3,4)27-17-24(35)9-8-21(27)2)26-18-39-41(29(26)15-20)25-7-5-6-23(16-25)30(42)40-28-11-13-45-31(28)43/h5-9,14-18,28,44H,10-13,19H2,1-4H3,(H,40,42)/t28-,33?/m0/s1. The first-order valence-electron chi connectivity index (χ1n) is 14.7. The van der Waals surface area contributed by atoms with E-state index in [4.69, 9.17) is 4.74 Å². The summed E-state index contributed by atoms with van der Waals surface area (Å²) in [5.41, 5.74) is -0.366. The van der Waals surface area contributed by atoms with Crippen molar-refractivity contribution in [1.29, 1.82) is 0 Å². The number of amides is 1. The van der Waals surface area contributed by atoms with Crippen LogP contribution >= 0.6 is 0 Å². The summed E-state index contributed by atoms with van der Waals surface area (Å²) in [5, 5.41) is 18.9. The highest BCUT2D eigenvalue weighted by Crippen LogP contribution is 2.44. The van der Waals surface area contributed by atoms with E-state index in [1.54, 1.807) is 62.0 Å². The van der Waals surface area contributed by atoms with E-state index in [1.165, 1.54) is 18.2 Å². The van der Waals surface area contributed by atoms with Crippen LogP contribution in [0, 0.1) is 19.7 Å². The number of benzene rings is 3. The number of hydrogen-bond acceptors (Lipinski definition) is 5. The topological polar surface area (TPSA) is 93.5 Å². The highest BCUT2D eigenvalue weighted by molar-refractivity contribution is 5.97. The van der Waals surface area contributed by atoms with E-state index in [2.05, 4.69) is 10.4 Å². The maximum Gasteiger partial charge on any atom is 0.417 e. The van der Waals surface area contributed by atoms with Crippen LogP contribution in [0.3, 0.4) is 0 Å². The molecule has 7 nitrogen and oxygen atoms in total. The Morgan fingerprint density at radius 2 is 1.87 bits per heavy atom. The molecule has 2 atom stereocenters. The zero-order valence-corrected chi connectivity index (χ0v) is 25.5. The van der Waals surface area contributed by atoms with Crippen molar-refractivity contribution in [3.05, 3.63) is 94.4 Å². The summed E-state index contributed by atoms with van der Waals surface area (Å²) in [6.45, 7) is 6.92. The lowest BCUT2D eigenvalue weighted by Gasteiger charge is -2.38. The number of ether oxygens (including phenoxy) is 1. The zero-order chi connectivity index (χ0) is 32.7. The van der Waals surface area contributed by atoms with Crippen LogP contribution < -0.4 is 5.32 Å². The van der Waals surface area contributed by atoms with Gasteiger partial charge in [0, 0.05) is 17.4 Å². The number of aryl methyl sites for hydroxylation is 3. The number of nitrogens with zero attached hydrogens (tertiary/aromatic N) is 2. The third kappa shape index (κ3) is 6.58. The minimum Gasteiger partial charge on any atom is -0.464 e. The van der Waals surface area contributed by atoms with E-state index in [0.717, 1.165) is 5.56 Å². The molecule has 0 saturated carbocycles. The Kier molecular flexibility index (Phi) is 8.52. The summed E-state index contributed by atoms with van der Waals surface area (Å²) < 4.78 is 64.1. The average Bonchev–Trinajstić information content (AvgIpc) is 3.58. The minimum absolute atomic E-state index is 0.0992. The monoisotopic (exact) mass is 625 g/mol. The van der Waals surface area contributed by atoms with Crippen LogP contribution in [0.1, 0.15) is 65.7 Å². The largest absolute Gasteiger partial charge is 0.464 e. The van der Waals surface area contributed by atoms with Crippen molar-refractivity contribution >= 4 is 22.8 Å². The number of aliphatic hydroxyl groups is 1. The second-order valence-electron chi connectivity index (χ2n) is 12.5. The van der Waals surface area contributed by atoms with E-state index >= 15 is 0 Å². The molecule has 2 N–H and O–H groups in total. The molecule has 1 aliphatic heterocycles. The lowest BCUT2D eigenvalue weighted by atomic mass is 9.72. The third-order valence-electron chi connectivity index (χ3n) is 8.51. The SMILES string of the molecule is Cc1cc(CCC(O)(CC(C)(C)c2cc(F)ccc2C)C(F)(F)F)c2cnn(-c3cccc(C(=O)N[C@H]4CCOC4=O)c3)c2c1. The van der Waals surface area contributed by atoms with Crippen LogP contribution in [0.15, 0.2) is 60.8 Å². The Morgan fingerprint density at radius 3 is 2.56 bits per heavy atom. The van der Waals surface area contributed by atoms with Crippen molar-refractivity contribution in [2.45, 2.75) is 76.6 Å². The Labute approximate surface area is 258 Å². The number of nitrogens with one attached hydrogen (secondary N) is 1. The Balaban J connectivity index is 1.42. The van der Waals surface area contributed by atoms with Gasteiger partial charge in [0.1, 0.15) is 11.9 Å². The summed E-state index contributed by atoms with van der Waals surface area (Å²) >= 11 is 0. The van der Waals surface area contributed by atoms with Gasteiger partial charge in [-0.3, -0.25) is 4.79 Å². The van der Waals surface area contributed by atoms with Gasteiger partial charge in [-0.25, -0.2) is 13.9 Å².